The van der Waals surface area contributed by atoms with Crippen LogP contribution in [0.4, 0.5) is 17.1 Å². The Kier molecular flexibility index (Phi) is 10.8. The molecule has 0 radical (unpaired) electrons. The molecular weight excluding hydrogens is 516 g/mol. The van der Waals surface area contributed by atoms with Crippen molar-refractivity contribution in [2.24, 2.45) is 0 Å². The van der Waals surface area contributed by atoms with Crippen LogP contribution in [0.3, 0.4) is 0 Å². The van der Waals surface area contributed by atoms with Gasteiger partial charge in [0.2, 0.25) is 11.8 Å². The standard InChI is InChI=1S/C33H40N4O2S/c1-24(2)26-14-16-28(17-15-26)35-33(39)29(6-5-19-37-20-22-40-23-21-37)27-12-9-25(10-13-27)11-18-32(38)36-31-8-4-3-7-30(31)34/h3-4,7-18,24,29H,5-6,19-23,34H2,1-2H3,(H,35,39)(H,36,38)/b18-11+. The van der Waals surface area contributed by atoms with Gasteiger partial charge in [0.05, 0.1) is 17.3 Å². The quantitative estimate of drug-likeness (QED) is 0.183. The fourth-order valence-electron chi connectivity index (χ4n) is 4.77. The van der Waals surface area contributed by atoms with Crippen molar-refractivity contribution in [3.8, 4) is 0 Å². The van der Waals surface area contributed by atoms with Gasteiger partial charge in [0.1, 0.15) is 0 Å². The molecular formula is C33H40N4O2S. The highest BCUT2D eigenvalue weighted by atomic mass is 32.2. The van der Waals surface area contributed by atoms with Crippen LogP contribution in [0.2, 0.25) is 0 Å². The highest BCUT2D eigenvalue weighted by Gasteiger charge is 2.21. The number of amides is 2. The summed E-state index contributed by atoms with van der Waals surface area (Å²) in [6, 6.07) is 23.2. The number of para-hydroxylation sites is 2. The van der Waals surface area contributed by atoms with E-state index in [0.717, 1.165) is 49.3 Å². The zero-order valence-electron chi connectivity index (χ0n) is 23.4. The van der Waals surface area contributed by atoms with E-state index < -0.39 is 0 Å². The summed E-state index contributed by atoms with van der Waals surface area (Å²) in [5.74, 6) is 2.31. The Morgan fingerprint density at radius 3 is 2.27 bits per heavy atom. The summed E-state index contributed by atoms with van der Waals surface area (Å²) in [6.07, 6.45) is 4.98. The molecule has 3 aromatic rings. The zero-order valence-corrected chi connectivity index (χ0v) is 24.3. The van der Waals surface area contributed by atoms with Gasteiger partial charge in [-0.05, 0) is 72.3 Å². The van der Waals surface area contributed by atoms with Crippen molar-refractivity contribution in [1.29, 1.82) is 0 Å². The van der Waals surface area contributed by atoms with Crippen LogP contribution in [0.1, 0.15) is 55.2 Å². The van der Waals surface area contributed by atoms with E-state index >= 15 is 0 Å². The predicted molar refractivity (Wildman–Crippen MR) is 170 cm³/mol. The van der Waals surface area contributed by atoms with Gasteiger partial charge in [-0.2, -0.15) is 11.8 Å². The van der Waals surface area contributed by atoms with Gasteiger partial charge in [-0.25, -0.2) is 0 Å². The number of carbonyl (C=O) groups excluding carboxylic acids is 2. The molecule has 4 rings (SSSR count). The van der Waals surface area contributed by atoms with Crippen molar-refractivity contribution in [1.82, 2.24) is 4.90 Å². The van der Waals surface area contributed by atoms with Crippen LogP contribution in [0, 0.1) is 0 Å². The minimum Gasteiger partial charge on any atom is -0.397 e. The van der Waals surface area contributed by atoms with Gasteiger partial charge >= 0.3 is 0 Å². The van der Waals surface area contributed by atoms with Gasteiger partial charge in [-0.3, -0.25) is 9.59 Å². The molecule has 0 bridgehead atoms. The molecule has 2 amide bonds. The smallest absolute Gasteiger partial charge is 0.248 e. The number of nitrogens with two attached hydrogens (primary N) is 1. The zero-order chi connectivity index (χ0) is 28.3. The normalized spacial score (nSPS) is 14.8. The van der Waals surface area contributed by atoms with Crippen molar-refractivity contribution < 1.29 is 9.59 Å². The first-order valence-electron chi connectivity index (χ1n) is 14.0. The molecule has 0 spiro atoms. The monoisotopic (exact) mass is 556 g/mol. The number of nitrogen functional groups attached to an aromatic ring is 1. The number of rotatable bonds is 11. The van der Waals surface area contributed by atoms with Gasteiger partial charge in [-0.15, -0.1) is 0 Å². The molecule has 1 heterocycles. The summed E-state index contributed by atoms with van der Waals surface area (Å²) in [5, 5.41) is 5.94. The average Bonchev–Trinajstić information content (AvgIpc) is 2.96. The third kappa shape index (κ3) is 8.73. The van der Waals surface area contributed by atoms with E-state index in [1.165, 1.54) is 23.1 Å². The van der Waals surface area contributed by atoms with E-state index in [9.17, 15) is 9.59 Å². The maximum atomic E-state index is 13.5. The topological polar surface area (TPSA) is 87.5 Å². The number of benzene rings is 3. The molecule has 6 nitrogen and oxygen atoms in total. The SMILES string of the molecule is CC(C)c1ccc(NC(=O)C(CCCN2CCSCC2)c2ccc(/C=C/C(=O)Nc3ccccc3N)cc2)cc1. The van der Waals surface area contributed by atoms with E-state index in [-0.39, 0.29) is 17.7 Å². The van der Waals surface area contributed by atoms with Crippen molar-refractivity contribution in [3.05, 3.63) is 95.6 Å². The number of hydrogen-bond acceptors (Lipinski definition) is 5. The first kappa shape index (κ1) is 29.4. The molecule has 0 aliphatic carbocycles. The Morgan fingerprint density at radius 2 is 1.60 bits per heavy atom. The van der Waals surface area contributed by atoms with Gasteiger partial charge in [0, 0.05) is 36.4 Å². The molecule has 210 valence electrons. The summed E-state index contributed by atoms with van der Waals surface area (Å²) in [6.45, 7) is 7.57. The largest absolute Gasteiger partial charge is 0.397 e. The molecule has 1 aliphatic heterocycles. The predicted octanol–water partition coefficient (Wildman–Crippen LogP) is 6.60. The van der Waals surface area contributed by atoms with Crippen molar-refractivity contribution >= 4 is 46.7 Å². The fraction of sp³-hybridized carbons (Fsp3) is 0.333. The van der Waals surface area contributed by atoms with Crippen LogP contribution in [0.15, 0.2) is 78.9 Å². The number of nitrogens with zero attached hydrogens (tertiary/aromatic N) is 1. The molecule has 4 N–H and O–H groups in total. The van der Waals surface area contributed by atoms with E-state index in [1.807, 2.05) is 60.3 Å². The van der Waals surface area contributed by atoms with Crippen molar-refractivity contribution in [2.45, 2.75) is 38.5 Å². The van der Waals surface area contributed by atoms with Crippen LogP contribution in [-0.2, 0) is 9.59 Å². The first-order chi connectivity index (χ1) is 19.4. The number of anilines is 3. The molecule has 1 saturated heterocycles. The second-order valence-corrected chi connectivity index (χ2v) is 11.7. The summed E-state index contributed by atoms with van der Waals surface area (Å²) in [5.41, 5.74) is 10.9. The molecule has 1 atom stereocenters. The highest BCUT2D eigenvalue weighted by Crippen LogP contribution is 2.26. The van der Waals surface area contributed by atoms with Gasteiger partial charge < -0.3 is 21.3 Å². The third-order valence-electron chi connectivity index (χ3n) is 7.22. The lowest BCUT2D eigenvalue weighted by Gasteiger charge is -2.27. The van der Waals surface area contributed by atoms with E-state index in [4.69, 9.17) is 5.73 Å². The molecule has 7 heteroatoms. The van der Waals surface area contributed by atoms with Crippen LogP contribution in [-0.4, -0.2) is 47.9 Å². The second-order valence-electron chi connectivity index (χ2n) is 10.5. The Morgan fingerprint density at radius 1 is 0.925 bits per heavy atom. The van der Waals surface area contributed by atoms with E-state index in [0.29, 0.717) is 17.3 Å². The Labute approximate surface area is 242 Å². The van der Waals surface area contributed by atoms with Crippen molar-refractivity contribution in [3.63, 3.8) is 0 Å². The van der Waals surface area contributed by atoms with Crippen LogP contribution in [0.5, 0.6) is 0 Å². The van der Waals surface area contributed by atoms with Crippen LogP contribution >= 0.6 is 11.8 Å². The Bertz CT molecular complexity index is 1280. The van der Waals surface area contributed by atoms with Gasteiger partial charge in [0.25, 0.3) is 0 Å². The number of thioether (sulfide) groups is 1. The van der Waals surface area contributed by atoms with Gasteiger partial charge in [-0.1, -0.05) is 62.4 Å². The first-order valence-corrected chi connectivity index (χ1v) is 15.2. The highest BCUT2D eigenvalue weighted by molar-refractivity contribution is 7.99. The van der Waals surface area contributed by atoms with Crippen molar-refractivity contribution in [2.75, 3.05) is 47.5 Å². The Balaban J connectivity index is 1.42. The van der Waals surface area contributed by atoms with Gasteiger partial charge in [0.15, 0.2) is 0 Å². The Hall–Kier alpha value is -3.55. The maximum absolute atomic E-state index is 13.5. The lowest BCUT2D eigenvalue weighted by atomic mass is 9.92. The summed E-state index contributed by atoms with van der Waals surface area (Å²) >= 11 is 2.01. The second kappa shape index (κ2) is 14.7. The molecule has 3 aromatic carbocycles. The molecule has 40 heavy (non-hydrogen) atoms. The number of carbonyl (C=O) groups is 2. The summed E-state index contributed by atoms with van der Waals surface area (Å²) in [7, 11) is 0. The van der Waals surface area contributed by atoms with E-state index in [1.54, 1.807) is 18.2 Å². The molecule has 0 saturated carbocycles. The van der Waals surface area contributed by atoms with Crippen LogP contribution < -0.4 is 16.4 Å². The molecule has 0 aromatic heterocycles. The maximum Gasteiger partial charge on any atom is 0.248 e. The molecule has 1 fully saturated rings. The lowest BCUT2D eigenvalue weighted by molar-refractivity contribution is -0.117. The summed E-state index contributed by atoms with van der Waals surface area (Å²) < 4.78 is 0. The average molecular weight is 557 g/mol. The summed E-state index contributed by atoms with van der Waals surface area (Å²) in [4.78, 5) is 28.4. The minimum absolute atomic E-state index is 0.00890. The molecule has 1 aliphatic rings. The fourth-order valence-corrected chi connectivity index (χ4v) is 5.75. The minimum atomic E-state index is -0.258. The number of hydrogen-bond donors (Lipinski definition) is 3. The lowest BCUT2D eigenvalue weighted by Crippen LogP contribution is -2.33. The van der Waals surface area contributed by atoms with Crippen LogP contribution in [0.25, 0.3) is 6.08 Å². The van der Waals surface area contributed by atoms with E-state index in [2.05, 4.69) is 41.5 Å². The number of nitrogens with one attached hydrogen (secondary N) is 2. The molecule has 1 unspecified atom stereocenters. The third-order valence-corrected chi connectivity index (χ3v) is 8.16.